The van der Waals surface area contributed by atoms with E-state index in [0.29, 0.717) is 9.79 Å². The summed E-state index contributed by atoms with van der Waals surface area (Å²) < 4.78 is 0. The van der Waals surface area contributed by atoms with Gasteiger partial charge in [0, 0.05) is 9.79 Å². The smallest absolute Gasteiger partial charge is 0.143 e. The molecule has 0 amide bonds. The number of benzene rings is 2. The lowest BCUT2D eigenvalue weighted by molar-refractivity contribution is 0.443. The number of hydrogen-bond acceptors (Lipinski definition) is 6. The minimum absolute atomic E-state index is 0.00334. The van der Waals surface area contributed by atoms with Gasteiger partial charge in [0.15, 0.2) is 0 Å². The lowest BCUT2D eigenvalue weighted by Gasteiger charge is -2.25. The van der Waals surface area contributed by atoms with E-state index in [9.17, 15) is 10.2 Å². The van der Waals surface area contributed by atoms with Gasteiger partial charge in [-0.3, -0.25) is 0 Å². The summed E-state index contributed by atoms with van der Waals surface area (Å²) in [6.07, 6.45) is 1.97. The molecule has 28 heavy (non-hydrogen) atoms. The second-order valence-corrected chi connectivity index (χ2v) is 11.5. The SMILES string of the molecule is CCC(C)(C)c1cc(S)c(O)c(SSc2cc(C(C)(C)CC)cc(S)c2O)c1. The number of phenolic OH excluding ortho intramolecular Hbond substituents is 2. The van der Waals surface area contributed by atoms with Crippen LogP contribution in [0.5, 0.6) is 11.5 Å². The molecule has 0 saturated heterocycles. The Hall–Kier alpha value is -0.560. The van der Waals surface area contributed by atoms with E-state index in [1.165, 1.54) is 21.6 Å². The first-order valence-corrected chi connectivity index (χ1v) is 12.4. The van der Waals surface area contributed by atoms with Gasteiger partial charge in [-0.25, -0.2) is 0 Å². The Balaban J connectivity index is 2.39. The van der Waals surface area contributed by atoms with Crippen molar-refractivity contribution in [3.05, 3.63) is 35.4 Å². The zero-order valence-electron chi connectivity index (χ0n) is 17.3. The predicted octanol–water partition coefficient (Wildman–Crippen LogP) is 7.85. The molecule has 2 N–H and O–H groups in total. The highest BCUT2D eigenvalue weighted by molar-refractivity contribution is 8.76. The predicted molar refractivity (Wildman–Crippen MR) is 129 cm³/mol. The summed E-state index contributed by atoms with van der Waals surface area (Å²) in [6, 6.07) is 7.91. The van der Waals surface area contributed by atoms with Crippen molar-refractivity contribution in [2.24, 2.45) is 0 Å². The summed E-state index contributed by atoms with van der Waals surface area (Å²) >= 11 is 8.91. The van der Waals surface area contributed by atoms with E-state index in [2.05, 4.69) is 66.8 Å². The summed E-state index contributed by atoms with van der Waals surface area (Å²) in [5, 5.41) is 21.0. The Labute approximate surface area is 188 Å². The molecule has 0 saturated carbocycles. The molecule has 2 rings (SSSR count). The van der Waals surface area contributed by atoms with Crippen molar-refractivity contribution in [2.45, 2.75) is 84.8 Å². The molecule has 0 heterocycles. The van der Waals surface area contributed by atoms with Gasteiger partial charge in [0.05, 0.1) is 9.79 Å². The Morgan fingerprint density at radius 1 is 0.714 bits per heavy atom. The molecule has 0 bridgehead atoms. The molecule has 0 fully saturated rings. The van der Waals surface area contributed by atoms with E-state index in [-0.39, 0.29) is 22.3 Å². The van der Waals surface area contributed by atoms with E-state index in [1.807, 2.05) is 24.3 Å². The van der Waals surface area contributed by atoms with Gasteiger partial charge < -0.3 is 10.2 Å². The largest absolute Gasteiger partial charge is 0.506 e. The molecule has 2 aromatic rings. The van der Waals surface area contributed by atoms with Crippen LogP contribution in [0, 0.1) is 0 Å². The number of rotatable bonds is 7. The van der Waals surface area contributed by atoms with Gasteiger partial charge in [-0.05, 0) is 80.7 Å². The molecule has 0 aliphatic heterocycles. The maximum atomic E-state index is 10.5. The first-order valence-electron chi connectivity index (χ1n) is 9.40. The Bertz CT molecular complexity index is 789. The lowest BCUT2D eigenvalue weighted by Crippen LogP contribution is -2.15. The zero-order chi connectivity index (χ0) is 21.3. The maximum absolute atomic E-state index is 10.5. The van der Waals surface area contributed by atoms with Crippen molar-refractivity contribution in [1.29, 1.82) is 0 Å². The third-order valence-corrected chi connectivity index (χ3v) is 8.74. The molecule has 0 atom stereocenters. The van der Waals surface area contributed by atoms with Gasteiger partial charge in [-0.15, -0.1) is 25.3 Å². The van der Waals surface area contributed by atoms with Gasteiger partial charge >= 0.3 is 0 Å². The summed E-state index contributed by atoms with van der Waals surface area (Å²) in [6.45, 7) is 13.0. The molecule has 0 unspecified atom stereocenters. The summed E-state index contributed by atoms with van der Waals surface area (Å²) in [5.41, 5.74) is 2.27. The van der Waals surface area contributed by atoms with Crippen molar-refractivity contribution >= 4 is 46.8 Å². The van der Waals surface area contributed by atoms with Crippen LogP contribution in [0.3, 0.4) is 0 Å². The second kappa shape index (κ2) is 9.07. The monoisotopic (exact) mass is 454 g/mol. The molecular formula is C22H30O2S4. The molecule has 154 valence electrons. The fourth-order valence-corrected chi connectivity index (χ4v) is 5.47. The highest BCUT2D eigenvalue weighted by Crippen LogP contribution is 2.49. The Morgan fingerprint density at radius 2 is 1.04 bits per heavy atom. The molecular weight excluding hydrogens is 425 g/mol. The molecule has 2 aromatic carbocycles. The summed E-state index contributed by atoms with van der Waals surface area (Å²) in [5.74, 6) is 0.347. The van der Waals surface area contributed by atoms with E-state index in [1.54, 1.807) is 0 Å². The number of thiol groups is 2. The van der Waals surface area contributed by atoms with E-state index in [4.69, 9.17) is 0 Å². The van der Waals surface area contributed by atoms with Crippen LogP contribution in [0.1, 0.15) is 65.5 Å². The first kappa shape index (κ1) is 23.7. The highest BCUT2D eigenvalue weighted by atomic mass is 33.1. The van der Waals surface area contributed by atoms with Crippen LogP contribution in [0.15, 0.2) is 43.8 Å². The van der Waals surface area contributed by atoms with Crippen LogP contribution in [0.2, 0.25) is 0 Å². The van der Waals surface area contributed by atoms with Crippen molar-refractivity contribution in [3.8, 4) is 11.5 Å². The van der Waals surface area contributed by atoms with Crippen molar-refractivity contribution in [3.63, 3.8) is 0 Å². The van der Waals surface area contributed by atoms with Crippen LogP contribution < -0.4 is 0 Å². The van der Waals surface area contributed by atoms with Gasteiger partial charge in [0.2, 0.25) is 0 Å². The molecule has 0 radical (unpaired) electrons. The Morgan fingerprint density at radius 3 is 1.32 bits per heavy atom. The van der Waals surface area contributed by atoms with Gasteiger partial charge in [0.25, 0.3) is 0 Å². The molecule has 0 aliphatic carbocycles. The van der Waals surface area contributed by atoms with E-state index >= 15 is 0 Å². The fraction of sp³-hybridized carbons (Fsp3) is 0.455. The number of hydrogen-bond donors (Lipinski definition) is 4. The normalized spacial score (nSPS) is 12.4. The minimum Gasteiger partial charge on any atom is -0.506 e. The maximum Gasteiger partial charge on any atom is 0.143 e. The van der Waals surface area contributed by atoms with Crippen LogP contribution in [-0.4, -0.2) is 10.2 Å². The molecule has 0 aliphatic rings. The van der Waals surface area contributed by atoms with Crippen LogP contribution in [0.25, 0.3) is 0 Å². The van der Waals surface area contributed by atoms with Gasteiger partial charge in [-0.2, -0.15) is 0 Å². The van der Waals surface area contributed by atoms with Crippen LogP contribution in [-0.2, 0) is 10.8 Å². The topological polar surface area (TPSA) is 40.5 Å². The average molecular weight is 455 g/mol. The van der Waals surface area contributed by atoms with Crippen molar-refractivity contribution in [1.82, 2.24) is 0 Å². The van der Waals surface area contributed by atoms with Crippen LogP contribution in [0.4, 0.5) is 0 Å². The molecule has 2 nitrogen and oxygen atoms in total. The first-order chi connectivity index (χ1) is 12.9. The lowest BCUT2D eigenvalue weighted by atomic mass is 9.82. The quantitative estimate of drug-likeness (QED) is 0.254. The third kappa shape index (κ3) is 5.13. The fourth-order valence-electron chi connectivity index (χ4n) is 2.59. The van der Waals surface area contributed by atoms with Crippen molar-refractivity contribution in [2.75, 3.05) is 0 Å². The van der Waals surface area contributed by atoms with E-state index in [0.717, 1.165) is 33.8 Å². The average Bonchev–Trinajstić information content (AvgIpc) is 2.65. The third-order valence-electron chi connectivity index (χ3n) is 5.66. The van der Waals surface area contributed by atoms with Gasteiger partial charge in [-0.1, -0.05) is 41.5 Å². The highest BCUT2D eigenvalue weighted by Gasteiger charge is 2.23. The standard InChI is InChI=1S/C22H30O2S4/c1-7-21(3,4)13-9-15(25)19(23)17(11-13)27-28-18-12-14(22(5,6)8-2)10-16(26)20(18)24/h9-12,23-26H,7-8H2,1-6H3. The molecule has 6 heteroatoms. The Kier molecular flexibility index (Phi) is 7.68. The molecule has 0 aromatic heterocycles. The van der Waals surface area contributed by atoms with Crippen molar-refractivity contribution < 1.29 is 10.2 Å². The second-order valence-electron chi connectivity index (χ2n) is 8.33. The minimum atomic E-state index is -0.00334. The zero-order valence-corrected chi connectivity index (χ0v) is 20.8. The van der Waals surface area contributed by atoms with E-state index < -0.39 is 0 Å². The van der Waals surface area contributed by atoms with Gasteiger partial charge in [0.1, 0.15) is 11.5 Å². The number of aromatic hydroxyl groups is 2. The van der Waals surface area contributed by atoms with Crippen LogP contribution >= 0.6 is 46.8 Å². The summed E-state index contributed by atoms with van der Waals surface area (Å²) in [4.78, 5) is 2.63. The number of phenols is 2. The molecule has 0 spiro atoms. The summed E-state index contributed by atoms with van der Waals surface area (Å²) in [7, 11) is 2.86.